The molecular weight excluding hydrogens is 954 g/mol. The Morgan fingerprint density at radius 2 is 1.12 bits per heavy atom. The Hall–Kier alpha value is -5.96. The number of nitrogens with one attached hydrogen (secondary N) is 2. The average Bonchev–Trinajstić information content (AvgIpc) is 4.01. The predicted molar refractivity (Wildman–Crippen MR) is 231 cm³/mol. The average molecular weight is 985 g/mol. The fraction of sp³-hybridized carbons (Fsp3) is 0.150. The number of aromatic carboxylic acids is 1. The molecule has 308 valence electrons. The number of carbonyl (C=O) groups is 4. The molecule has 0 fully saturated rings. The quantitative estimate of drug-likeness (QED) is 0.0772. The second-order valence-corrected chi connectivity index (χ2v) is 16.3. The number of amides is 2. The molecule has 0 saturated heterocycles. The van der Waals surface area contributed by atoms with Gasteiger partial charge in [0.1, 0.15) is 44.1 Å². The number of thiophene rings is 2. The van der Waals surface area contributed by atoms with Gasteiger partial charge in [0, 0.05) is 19.7 Å². The van der Waals surface area contributed by atoms with E-state index in [0.29, 0.717) is 64.5 Å². The highest BCUT2D eigenvalue weighted by molar-refractivity contribution is 9.11. The van der Waals surface area contributed by atoms with Gasteiger partial charge in [0.2, 0.25) is 0 Å². The number of nitrogens with two attached hydrogens (primary N) is 2. The molecule has 7 N–H and O–H groups in total. The van der Waals surface area contributed by atoms with Crippen molar-refractivity contribution in [3.63, 3.8) is 0 Å². The van der Waals surface area contributed by atoms with Crippen LogP contribution < -0.4 is 20.9 Å². The third kappa shape index (κ3) is 7.43. The SMILES string of the molecule is CCOC(=O)c1sc2c(F)ccc(Br)c2c1-c1nc2c(OCC)c(C(N)=O)ccc2[nH]1.CCOc1c(C(N)=O)ccc2[nH]c(-c3c(C(=O)O)sc4c(F)ccc(Br)c34)nc12. The number of benzene rings is 4. The van der Waals surface area contributed by atoms with Crippen molar-refractivity contribution in [2.24, 2.45) is 11.5 Å². The molecular formula is C40H30Br2F2N6O8S2. The Labute approximate surface area is 362 Å². The number of primary amides is 2. The van der Waals surface area contributed by atoms with Gasteiger partial charge >= 0.3 is 11.9 Å². The zero-order chi connectivity index (χ0) is 43.2. The minimum Gasteiger partial charge on any atom is -0.491 e. The van der Waals surface area contributed by atoms with Gasteiger partial charge < -0.3 is 40.8 Å². The van der Waals surface area contributed by atoms with Crippen LogP contribution in [0.4, 0.5) is 8.78 Å². The van der Waals surface area contributed by atoms with Gasteiger partial charge in [-0.3, -0.25) is 9.59 Å². The lowest BCUT2D eigenvalue weighted by Crippen LogP contribution is -2.13. The van der Waals surface area contributed by atoms with E-state index < -0.39 is 35.4 Å². The highest BCUT2D eigenvalue weighted by Gasteiger charge is 2.29. The van der Waals surface area contributed by atoms with E-state index in [1.54, 1.807) is 45.0 Å². The van der Waals surface area contributed by atoms with Crippen molar-refractivity contribution in [3.05, 3.63) is 90.0 Å². The van der Waals surface area contributed by atoms with Crippen LogP contribution in [-0.4, -0.2) is 68.6 Å². The first-order valence-electron chi connectivity index (χ1n) is 17.8. The van der Waals surface area contributed by atoms with Crippen LogP contribution >= 0.6 is 54.5 Å². The molecule has 4 heterocycles. The normalized spacial score (nSPS) is 11.2. The van der Waals surface area contributed by atoms with Crippen LogP contribution in [0.1, 0.15) is 60.8 Å². The van der Waals surface area contributed by atoms with Gasteiger partial charge in [-0.15, -0.1) is 22.7 Å². The Morgan fingerprint density at radius 1 is 0.683 bits per heavy atom. The molecule has 0 radical (unpaired) electrons. The van der Waals surface area contributed by atoms with E-state index >= 15 is 0 Å². The lowest BCUT2D eigenvalue weighted by Gasteiger charge is -2.07. The van der Waals surface area contributed by atoms with Crippen molar-refractivity contribution < 1.29 is 47.3 Å². The molecule has 0 aliphatic carbocycles. The molecule has 4 aromatic heterocycles. The lowest BCUT2D eigenvalue weighted by molar-refractivity contribution is 0.0532. The standard InChI is InChI=1S/C21H17BrFN3O4S.C19H13BrFN3O4S/c1-3-29-16-9(19(24)27)5-8-12-15(16)26-20(25-12)14-13-10(22)6-7-11(23)17(13)31-18(14)21(28)30-4-2;1-2-28-14-7(17(22)25)3-6-10-13(14)24-18(23-10)12-11-8(20)4-5-9(21)15(11)29-16(12)19(26)27/h5-8H,3-4H2,1-2H3,(H2,24,27)(H,25,26);3-6H,2H2,1H3,(H2,22,25)(H,23,24)(H,26,27). The van der Waals surface area contributed by atoms with E-state index in [2.05, 4.69) is 51.8 Å². The third-order valence-corrected chi connectivity index (χ3v) is 12.6. The fourth-order valence-corrected chi connectivity index (χ4v) is 10.0. The highest BCUT2D eigenvalue weighted by Crippen LogP contribution is 2.46. The molecule has 0 bridgehead atoms. The van der Waals surface area contributed by atoms with Crippen LogP contribution in [0.3, 0.4) is 0 Å². The van der Waals surface area contributed by atoms with Crippen LogP contribution in [0.15, 0.2) is 57.5 Å². The lowest BCUT2D eigenvalue weighted by atomic mass is 10.1. The van der Waals surface area contributed by atoms with Gasteiger partial charge in [-0.25, -0.2) is 28.3 Å². The zero-order valence-electron chi connectivity index (χ0n) is 31.4. The molecule has 14 nitrogen and oxygen atoms in total. The number of ether oxygens (including phenoxy) is 3. The number of nitrogens with zero attached hydrogens (tertiary/aromatic N) is 2. The van der Waals surface area contributed by atoms with Crippen molar-refractivity contribution >= 4 is 121 Å². The van der Waals surface area contributed by atoms with Crippen molar-refractivity contribution in [2.75, 3.05) is 19.8 Å². The molecule has 0 atom stereocenters. The van der Waals surface area contributed by atoms with E-state index in [4.69, 9.17) is 25.7 Å². The maximum absolute atomic E-state index is 14.6. The van der Waals surface area contributed by atoms with E-state index in [1.807, 2.05) is 0 Å². The first kappa shape index (κ1) is 42.2. The summed E-state index contributed by atoms with van der Waals surface area (Å²) >= 11 is 8.66. The molecule has 0 aliphatic rings. The first-order chi connectivity index (χ1) is 28.7. The van der Waals surface area contributed by atoms with Crippen molar-refractivity contribution in [1.29, 1.82) is 0 Å². The number of H-pyrrole nitrogens is 2. The maximum Gasteiger partial charge on any atom is 0.349 e. The summed E-state index contributed by atoms with van der Waals surface area (Å²) in [5, 5.41) is 10.6. The number of hydrogen-bond acceptors (Lipinski definition) is 11. The molecule has 60 heavy (non-hydrogen) atoms. The summed E-state index contributed by atoms with van der Waals surface area (Å²) in [5.41, 5.74) is 13.7. The van der Waals surface area contributed by atoms with E-state index in [-0.39, 0.29) is 61.7 Å². The number of carbonyl (C=O) groups excluding carboxylic acids is 3. The maximum atomic E-state index is 14.6. The number of carboxylic acid groups (broad SMARTS) is 1. The number of aromatic amines is 2. The summed E-state index contributed by atoms with van der Waals surface area (Å²) in [4.78, 5) is 63.6. The summed E-state index contributed by atoms with van der Waals surface area (Å²) in [6.45, 7) is 5.98. The Bertz CT molecular complexity index is 3070. The van der Waals surface area contributed by atoms with Crippen molar-refractivity contribution in [2.45, 2.75) is 20.8 Å². The Balaban J connectivity index is 0.000000182. The van der Waals surface area contributed by atoms with Crippen molar-refractivity contribution in [1.82, 2.24) is 19.9 Å². The van der Waals surface area contributed by atoms with Crippen LogP contribution in [0.25, 0.3) is 65.0 Å². The van der Waals surface area contributed by atoms with Crippen LogP contribution in [0.5, 0.6) is 11.5 Å². The van der Waals surface area contributed by atoms with Gasteiger partial charge in [-0.05, 0) is 69.3 Å². The molecule has 8 aromatic rings. The number of rotatable bonds is 11. The largest absolute Gasteiger partial charge is 0.491 e. The summed E-state index contributed by atoms with van der Waals surface area (Å²) in [6.07, 6.45) is 0. The second-order valence-electron chi connectivity index (χ2n) is 12.5. The van der Waals surface area contributed by atoms with Gasteiger partial charge in [-0.2, -0.15) is 0 Å². The van der Waals surface area contributed by atoms with Crippen LogP contribution in [-0.2, 0) is 4.74 Å². The summed E-state index contributed by atoms with van der Waals surface area (Å²) in [5.74, 6) is -3.07. The zero-order valence-corrected chi connectivity index (χ0v) is 36.2. The number of aromatic nitrogens is 4. The van der Waals surface area contributed by atoms with E-state index in [0.717, 1.165) is 22.7 Å². The molecule has 0 spiro atoms. The van der Waals surface area contributed by atoms with E-state index in [9.17, 15) is 33.1 Å². The second kappa shape index (κ2) is 17.0. The van der Waals surface area contributed by atoms with Gasteiger partial charge in [0.05, 0.1) is 62.5 Å². The number of halogens is 4. The molecule has 2 amide bonds. The number of fused-ring (bicyclic) bond motifs is 4. The molecule has 0 aliphatic heterocycles. The van der Waals surface area contributed by atoms with Gasteiger partial charge in [0.15, 0.2) is 11.5 Å². The molecule has 4 aromatic carbocycles. The van der Waals surface area contributed by atoms with Crippen LogP contribution in [0, 0.1) is 11.6 Å². The molecule has 8 rings (SSSR count). The monoisotopic (exact) mass is 982 g/mol. The summed E-state index contributed by atoms with van der Waals surface area (Å²) < 4.78 is 47.0. The minimum atomic E-state index is -1.20. The first-order valence-corrected chi connectivity index (χ1v) is 21.0. The summed E-state index contributed by atoms with van der Waals surface area (Å²) in [6, 6.07) is 12.0. The van der Waals surface area contributed by atoms with Crippen LogP contribution in [0.2, 0.25) is 0 Å². The predicted octanol–water partition coefficient (Wildman–Crippen LogP) is 9.56. The highest BCUT2D eigenvalue weighted by atomic mass is 79.9. The van der Waals surface area contributed by atoms with Gasteiger partial charge in [0.25, 0.3) is 11.8 Å². The number of esters is 1. The van der Waals surface area contributed by atoms with Crippen molar-refractivity contribution in [3.8, 4) is 34.3 Å². The summed E-state index contributed by atoms with van der Waals surface area (Å²) in [7, 11) is 0. The molecule has 0 saturated carbocycles. The smallest absolute Gasteiger partial charge is 0.349 e. The molecule has 20 heteroatoms. The fourth-order valence-electron chi connectivity index (χ4n) is 6.51. The number of carboxylic acids is 1. The third-order valence-electron chi connectivity index (χ3n) is 8.93. The Morgan fingerprint density at radius 3 is 1.52 bits per heavy atom. The van der Waals surface area contributed by atoms with Gasteiger partial charge in [-0.1, -0.05) is 31.9 Å². The molecule has 0 unspecified atom stereocenters. The van der Waals surface area contributed by atoms with E-state index in [1.165, 1.54) is 24.3 Å². The minimum absolute atomic E-state index is 0.0575. The topological polar surface area (TPSA) is 226 Å². The number of hydrogen-bond donors (Lipinski definition) is 5. The Kier molecular flexibility index (Phi) is 11.9. The number of imidazole rings is 2.